The van der Waals surface area contributed by atoms with E-state index >= 15 is 0 Å². The van der Waals surface area contributed by atoms with Gasteiger partial charge in [-0.3, -0.25) is 4.52 Å². The summed E-state index contributed by atoms with van der Waals surface area (Å²) in [4.78, 5) is 28.5. The topological polar surface area (TPSA) is 165 Å². The summed E-state index contributed by atoms with van der Waals surface area (Å²) < 4.78 is 57.3. The fourth-order valence-electron chi connectivity index (χ4n) is 0.571. The first-order valence-electron chi connectivity index (χ1n) is 6.42. The van der Waals surface area contributed by atoms with Gasteiger partial charge in [0.05, 0.1) is 10.7 Å². The van der Waals surface area contributed by atoms with E-state index in [1.807, 2.05) is 0 Å². The molecule has 0 radical (unpaired) electrons. The molecule has 0 aromatic carbocycles. The van der Waals surface area contributed by atoms with Crippen molar-refractivity contribution in [3.8, 4) is 0 Å². The van der Waals surface area contributed by atoms with E-state index in [1.165, 1.54) is 0 Å². The fraction of sp³-hybridized carbons (Fsp3) is 0.833. The number of rotatable bonds is 9. The summed E-state index contributed by atoms with van der Waals surface area (Å²) in [5.74, 6) is 0. The number of phosphoric acid groups is 1. The van der Waals surface area contributed by atoms with E-state index < -0.39 is 45.0 Å². The quantitative estimate of drug-likeness (QED) is 0.185. The van der Waals surface area contributed by atoms with Crippen LogP contribution in [0.4, 0.5) is 0 Å². The van der Waals surface area contributed by atoms with Gasteiger partial charge in [0.15, 0.2) is 12.3 Å². The molecule has 4 atom stereocenters. The third kappa shape index (κ3) is 5.10. The fourth-order valence-corrected chi connectivity index (χ4v) is 0.930. The maximum Gasteiger partial charge on any atom is 0.470 e. The lowest BCUT2D eigenvalue weighted by Gasteiger charge is -2.25. The average Bonchev–Trinajstić information content (AvgIpc) is 2.41. The molecular weight excluding hydrogens is 247 g/mol. The van der Waals surface area contributed by atoms with Crippen LogP contribution in [0, 0.1) is 0 Å². The van der Waals surface area contributed by atoms with E-state index in [1.54, 1.807) is 0 Å². The molecule has 0 heterocycles. The highest BCUT2D eigenvalue weighted by Crippen LogP contribution is 2.38. The van der Waals surface area contributed by atoms with Crippen LogP contribution < -0.4 is 0 Å². The van der Waals surface area contributed by atoms with Gasteiger partial charge in [-0.25, -0.2) is 4.57 Å². The van der Waals surface area contributed by atoms with Crippen LogP contribution in [0.3, 0.4) is 0 Å². The summed E-state index contributed by atoms with van der Waals surface area (Å²) in [6.07, 6.45) is -16.6. The van der Waals surface area contributed by atoms with Crippen molar-refractivity contribution in [1.29, 1.82) is 2.86 Å². The van der Waals surface area contributed by atoms with Crippen molar-refractivity contribution >= 4 is 14.1 Å². The third-order valence-corrected chi connectivity index (χ3v) is 1.63. The molecule has 0 rings (SSSR count). The van der Waals surface area contributed by atoms with Crippen molar-refractivity contribution in [2.45, 2.75) is 24.3 Å². The van der Waals surface area contributed by atoms with E-state index in [0.29, 0.717) is 0 Å². The van der Waals surface area contributed by atoms with Crippen molar-refractivity contribution in [1.82, 2.24) is 0 Å². The van der Waals surface area contributed by atoms with Gasteiger partial charge >= 0.3 is 7.82 Å². The van der Waals surface area contributed by atoms with E-state index in [4.69, 9.17) is 23.2 Å². The van der Waals surface area contributed by atoms with Crippen LogP contribution in [0.25, 0.3) is 0 Å². The number of hydrogen-bond donors (Lipinski definition) is 6. The number of aliphatic hydroxyl groups excluding tert-OH is 2. The van der Waals surface area contributed by atoms with Crippen molar-refractivity contribution in [2.75, 3.05) is 6.61 Å². The lowest BCUT2D eigenvalue weighted by molar-refractivity contribution is -0.135. The predicted octanol–water partition coefficient (Wildman–Crippen LogP) is -3.26. The second-order valence-electron chi connectivity index (χ2n) is 2.40. The average molecular weight is 266 g/mol. The number of hydrogen-bond acceptors (Lipinski definition) is 7. The highest BCUT2D eigenvalue weighted by Gasteiger charge is 2.35. The van der Waals surface area contributed by atoms with Gasteiger partial charge in [0, 0.05) is 0 Å². The first-order valence-corrected chi connectivity index (χ1v) is 5.13. The zero-order valence-electron chi connectivity index (χ0n) is 13.6. The number of aliphatic hydroxyl groups is 4. The minimum absolute atomic E-state index is 1.38. The molecule has 96 valence electrons. The smallest absolute Gasteiger partial charge is 0.394 e. The molecule has 0 bridgehead atoms. The van der Waals surface area contributed by atoms with Crippen LogP contribution in [-0.2, 0) is 13.9 Å². The standard InChI is InChI=1S/C6H13O9P/c7-1-3(9)5(10)6(11)4(2-8)15-16(12,13)14/h2-7,9-11H,1H2,(H2,12,13,14)/t3-,4+,5-,6-/m1/s1/i2D,4D,5D,6D,10D,11D. The summed E-state index contributed by atoms with van der Waals surface area (Å²) in [5, 5.41) is 25.4. The molecule has 0 aromatic rings. The Labute approximate surface area is 98.8 Å². The van der Waals surface area contributed by atoms with Crippen molar-refractivity contribution < 1.29 is 49.6 Å². The summed E-state index contributed by atoms with van der Waals surface area (Å²) in [7, 11) is -5.73. The zero-order chi connectivity index (χ0) is 18.0. The Kier molecular flexibility index (Phi) is 3.13. The van der Waals surface area contributed by atoms with Crippen LogP contribution in [0.2, 0.25) is 0 Å². The second-order valence-corrected chi connectivity index (χ2v) is 3.57. The van der Waals surface area contributed by atoms with Crippen molar-refractivity contribution in [2.24, 2.45) is 0 Å². The van der Waals surface area contributed by atoms with E-state index in [9.17, 15) is 14.5 Å². The molecule has 10 heteroatoms. The molecule has 0 spiro atoms. The first-order chi connectivity index (χ1) is 9.75. The predicted molar refractivity (Wildman–Crippen MR) is 48.1 cm³/mol. The molecule has 0 aliphatic carbocycles. The van der Waals surface area contributed by atoms with Crippen LogP contribution in [0.1, 0.15) is 5.48 Å². The molecule has 0 aliphatic heterocycles. The highest BCUT2D eigenvalue weighted by atomic mass is 31.2. The SMILES string of the molecule is [2H]O[C@]([2H])([C@@]([2H])(OP(=O)(O)O)C([2H])=O)[C@]([2H])(O[2H])[C@H](O)CO. The summed E-state index contributed by atoms with van der Waals surface area (Å²) in [6.45, 7) is -1.38. The van der Waals surface area contributed by atoms with E-state index in [-0.39, 0.29) is 0 Å². The highest BCUT2D eigenvalue weighted by molar-refractivity contribution is 7.46. The summed E-state index contributed by atoms with van der Waals surface area (Å²) in [6, 6.07) is 0. The van der Waals surface area contributed by atoms with Crippen LogP contribution in [0.5, 0.6) is 0 Å². The molecule has 16 heavy (non-hydrogen) atoms. The zero-order valence-corrected chi connectivity index (χ0v) is 8.46. The minimum atomic E-state index is -5.73. The lowest BCUT2D eigenvalue weighted by Crippen LogP contribution is -2.47. The van der Waals surface area contributed by atoms with Gasteiger partial charge in [-0.1, -0.05) is 0 Å². The molecule has 0 aromatic heterocycles. The van der Waals surface area contributed by atoms with Gasteiger partial charge in [-0.15, -0.1) is 0 Å². The molecule has 0 amide bonds. The molecular formula is C6H13O9P. The minimum Gasteiger partial charge on any atom is -0.394 e. The molecule has 0 saturated carbocycles. The molecule has 9 nitrogen and oxygen atoms in total. The van der Waals surface area contributed by atoms with Gasteiger partial charge in [0.1, 0.15) is 19.6 Å². The van der Waals surface area contributed by atoms with Crippen molar-refractivity contribution in [3.05, 3.63) is 0 Å². The Morgan fingerprint density at radius 1 is 1.50 bits per heavy atom. The number of carbonyl (C=O) groups is 1. The van der Waals surface area contributed by atoms with Gasteiger partial charge in [0.2, 0.25) is 2.86 Å². The Morgan fingerprint density at radius 3 is 2.38 bits per heavy atom. The van der Waals surface area contributed by atoms with Gasteiger partial charge in [-0.05, 0) is 0 Å². The number of aldehydes is 1. The molecule has 6 N–H and O–H groups in total. The van der Waals surface area contributed by atoms with Crippen molar-refractivity contribution in [3.63, 3.8) is 0 Å². The Bertz CT molecular complexity index is 462. The number of phosphoric ester groups is 1. The van der Waals surface area contributed by atoms with E-state index in [0.717, 1.165) is 0 Å². The maximum absolute atomic E-state index is 11.2. The lowest BCUT2D eigenvalue weighted by atomic mass is 10.0. The summed E-state index contributed by atoms with van der Waals surface area (Å²) >= 11 is 0. The maximum atomic E-state index is 11.2. The first kappa shape index (κ1) is 7.85. The Morgan fingerprint density at radius 2 is 2.06 bits per heavy atom. The van der Waals surface area contributed by atoms with E-state index in [2.05, 4.69) is 14.7 Å². The van der Waals surface area contributed by atoms with Gasteiger partial charge < -0.3 is 35.0 Å². The van der Waals surface area contributed by atoms with Gasteiger partial charge in [-0.2, -0.15) is 0 Å². The Balaban J connectivity index is 6.33. The normalized spacial score (nSPS) is 31.0. The number of carbonyl (C=O) groups excluding carboxylic acids is 1. The third-order valence-electron chi connectivity index (χ3n) is 1.21. The Hall–Kier alpha value is -0.380. The molecule has 0 aliphatic rings. The monoisotopic (exact) mass is 266 g/mol. The molecule has 0 unspecified atom stereocenters. The summed E-state index contributed by atoms with van der Waals surface area (Å²) in [5.41, 5.74) is 0. The van der Waals surface area contributed by atoms with Crippen LogP contribution >= 0.6 is 7.82 Å². The van der Waals surface area contributed by atoms with Crippen LogP contribution in [-0.4, -0.2) is 70.3 Å². The van der Waals surface area contributed by atoms with Gasteiger partial charge in [0.25, 0.3) is 0 Å². The molecule has 0 fully saturated rings. The van der Waals surface area contributed by atoms with Crippen LogP contribution in [0.15, 0.2) is 0 Å². The molecule has 0 saturated heterocycles. The second kappa shape index (κ2) is 6.38. The largest absolute Gasteiger partial charge is 0.470 e.